The molecule has 0 aliphatic rings. The summed E-state index contributed by atoms with van der Waals surface area (Å²) in [4.78, 5) is 4.31. The summed E-state index contributed by atoms with van der Waals surface area (Å²) in [7, 11) is 2.02. The summed E-state index contributed by atoms with van der Waals surface area (Å²) in [6, 6.07) is 11.1. The average molecular weight is 282 g/mol. The first-order chi connectivity index (χ1) is 9.78. The van der Waals surface area contributed by atoms with Crippen molar-refractivity contribution in [2.45, 2.75) is 19.4 Å². The molecule has 3 aromatic rings. The van der Waals surface area contributed by atoms with Gasteiger partial charge in [-0.3, -0.25) is 4.98 Å². The molecule has 0 bridgehead atoms. The number of pyridine rings is 1. The van der Waals surface area contributed by atoms with E-state index in [1.807, 2.05) is 30.8 Å². The first kappa shape index (κ1) is 13.3. The van der Waals surface area contributed by atoms with E-state index in [4.69, 9.17) is 0 Å². The van der Waals surface area contributed by atoms with Gasteiger partial charge >= 0.3 is 0 Å². The van der Waals surface area contributed by atoms with Crippen LogP contribution in [0.3, 0.4) is 0 Å². The number of fused-ring (bicyclic) bond motifs is 1. The molecule has 0 aliphatic carbocycles. The molecule has 2 heterocycles. The molecule has 3 heteroatoms. The Kier molecular flexibility index (Phi) is 3.81. The number of hydrogen-bond acceptors (Lipinski definition) is 3. The maximum atomic E-state index is 4.31. The molecule has 1 N–H and O–H groups in total. The van der Waals surface area contributed by atoms with Gasteiger partial charge < -0.3 is 5.32 Å². The first-order valence-electron chi connectivity index (χ1n) is 6.82. The topological polar surface area (TPSA) is 24.9 Å². The van der Waals surface area contributed by atoms with Crippen LogP contribution in [0.2, 0.25) is 0 Å². The molecule has 20 heavy (non-hydrogen) atoms. The Morgan fingerprint density at radius 1 is 1.25 bits per heavy atom. The van der Waals surface area contributed by atoms with E-state index >= 15 is 0 Å². The smallest absolute Gasteiger partial charge is 0.0374 e. The lowest BCUT2D eigenvalue weighted by atomic mass is 9.99. The Morgan fingerprint density at radius 3 is 2.90 bits per heavy atom. The van der Waals surface area contributed by atoms with Crippen molar-refractivity contribution < 1.29 is 0 Å². The number of aryl methyl sites for hydroxylation is 1. The minimum absolute atomic E-state index is 0.306. The molecule has 0 radical (unpaired) electrons. The molecule has 1 atom stereocenters. The van der Waals surface area contributed by atoms with E-state index in [1.165, 1.54) is 26.8 Å². The van der Waals surface area contributed by atoms with E-state index in [0.717, 1.165) is 6.42 Å². The molecular weight excluding hydrogens is 264 g/mol. The average Bonchev–Trinajstić information content (AvgIpc) is 2.88. The largest absolute Gasteiger partial charge is 0.313 e. The molecule has 2 nitrogen and oxygen atoms in total. The second-order valence-electron chi connectivity index (χ2n) is 5.10. The van der Waals surface area contributed by atoms with Crippen LogP contribution in [0.15, 0.2) is 48.1 Å². The van der Waals surface area contributed by atoms with Crippen LogP contribution in [-0.2, 0) is 6.42 Å². The van der Waals surface area contributed by atoms with Crippen molar-refractivity contribution in [2.24, 2.45) is 0 Å². The standard InChI is InChI=1S/C17H18N2S/c1-12-7-13(10-19-9-12)16(18-2)8-14-11-20-17-6-4-3-5-15(14)17/h3-7,9-11,16,18H,8H2,1-2H3. The summed E-state index contributed by atoms with van der Waals surface area (Å²) in [5.74, 6) is 0. The maximum Gasteiger partial charge on any atom is 0.0374 e. The number of nitrogens with zero attached hydrogens (tertiary/aromatic N) is 1. The molecule has 0 aliphatic heterocycles. The van der Waals surface area contributed by atoms with Gasteiger partial charge in [-0.05, 0) is 53.9 Å². The number of nitrogens with one attached hydrogen (secondary N) is 1. The minimum atomic E-state index is 0.306. The van der Waals surface area contributed by atoms with Crippen LogP contribution in [0.5, 0.6) is 0 Å². The van der Waals surface area contributed by atoms with Gasteiger partial charge in [0.15, 0.2) is 0 Å². The molecule has 102 valence electrons. The predicted octanol–water partition coefficient (Wildman–Crippen LogP) is 4.11. The number of rotatable bonds is 4. The Hall–Kier alpha value is -1.71. The summed E-state index contributed by atoms with van der Waals surface area (Å²) in [5, 5.41) is 7.06. The van der Waals surface area contributed by atoms with Crippen LogP contribution in [0.25, 0.3) is 10.1 Å². The number of likely N-dealkylation sites (N-methyl/N-ethyl adjacent to an activating group) is 1. The van der Waals surface area contributed by atoms with Crippen molar-refractivity contribution in [3.63, 3.8) is 0 Å². The van der Waals surface area contributed by atoms with Crippen LogP contribution in [-0.4, -0.2) is 12.0 Å². The second kappa shape index (κ2) is 5.73. The quantitative estimate of drug-likeness (QED) is 0.779. The highest BCUT2D eigenvalue weighted by molar-refractivity contribution is 7.17. The number of aromatic nitrogens is 1. The van der Waals surface area contributed by atoms with Gasteiger partial charge in [0.05, 0.1) is 0 Å². The van der Waals surface area contributed by atoms with E-state index in [0.29, 0.717) is 6.04 Å². The molecule has 0 spiro atoms. The first-order valence-corrected chi connectivity index (χ1v) is 7.70. The van der Waals surface area contributed by atoms with E-state index in [1.54, 1.807) is 0 Å². The van der Waals surface area contributed by atoms with Gasteiger partial charge in [-0.15, -0.1) is 11.3 Å². The Bertz CT molecular complexity index is 718. The highest BCUT2D eigenvalue weighted by Crippen LogP contribution is 2.29. The predicted molar refractivity (Wildman–Crippen MR) is 86.3 cm³/mol. The van der Waals surface area contributed by atoms with E-state index in [2.05, 4.69) is 52.9 Å². The van der Waals surface area contributed by atoms with Gasteiger partial charge in [-0.2, -0.15) is 0 Å². The number of benzene rings is 1. The molecule has 0 saturated heterocycles. The SMILES string of the molecule is CNC(Cc1csc2ccccc12)c1cncc(C)c1. The zero-order valence-corrected chi connectivity index (χ0v) is 12.6. The summed E-state index contributed by atoms with van der Waals surface area (Å²) in [5.41, 5.74) is 3.87. The second-order valence-corrected chi connectivity index (χ2v) is 6.01. The minimum Gasteiger partial charge on any atom is -0.313 e. The molecule has 0 fully saturated rings. The Balaban J connectivity index is 1.92. The van der Waals surface area contributed by atoms with Crippen molar-refractivity contribution >= 4 is 21.4 Å². The highest BCUT2D eigenvalue weighted by Gasteiger charge is 2.13. The van der Waals surface area contributed by atoms with Crippen LogP contribution in [0.4, 0.5) is 0 Å². The zero-order valence-electron chi connectivity index (χ0n) is 11.8. The highest BCUT2D eigenvalue weighted by atomic mass is 32.1. The lowest BCUT2D eigenvalue weighted by molar-refractivity contribution is 0.592. The van der Waals surface area contributed by atoms with Gasteiger partial charge in [0, 0.05) is 23.1 Å². The lowest BCUT2D eigenvalue weighted by Crippen LogP contribution is -2.19. The summed E-state index contributed by atoms with van der Waals surface area (Å²) in [6.45, 7) is 2.09. The van der Waals surface area contributed by atoms with Gasteiger partial charge in [0.2, 0.25) is 0 Å². The summed E-state index contributed by atoms with van der Waals surface area (Å²) >= 11 is 1.82. The molecule has 0 saturated carbocycles. The third kappa shape index (κ3) is 2.60. The van der Waals surface area contributed by atoms with Gasteiger partial charge in [-0.25, -0.2) is 0 Å². The lowest BCUT2D eigenvalue weighted by Gasteiger charge is -2.16. The van der Waals surface area contributed by atoms with Gasteiger partial charge in [0.1, 0.15) is 0 Å². The fraction of sp³-hybridized carbons (Fsp3) is 0.235. The fourth-order valence-electron chi connectivity index (χ4n) is 2.57. The fourth-order valence-corrected chi connectivity index (χ4v) is 3.54. The summed E-state index contributed by atoms with van der Waals surface area (Å²) < 4.78 is 1.36. The van der Waals surface area contributed by atoms with Crippen molar-refractivity contribution in [2.75, 3.05) is 7.05 Å². The van der Waals surface area contributed by atoms with Crippen LogP contribution >= 0.6 is 11.3 Å². The molecule has 1 aromatic carbocycles. The number of hydrogen-bond donors (Lipinski definition) is 1. The number of thiophene rings is 1. The molecular formula is C17H18N2S. The molecule has 3 rings (SSSR count). The molecule has 2 aromatic heterocycles. The third-order valence-electron chi connectivity index (χ3n) is 3.63. The van der Waals surface area contributed by atoms with E-state index in [9.17, 15) is 0 Å². The Morgan fingerprint density at radius 2 is 2.10 bits per heavy atom. The van der Waals surface area contributed by atoms with Crippen LogP contribution in [0.1, 0.15) is 22.7 Å². The monoisotopic (exact) mass is 282 g/mol. The van der Waals surface area contributed by atoms with Crippen molar-refractivity contribution in [3.8, 4) is 0 Å². The van der Waals surface area contributed by atoms with Crippen molar-refractivity contribution in [1.82, 2.24) is 10.3 Å². The van der Waals surface area contributed by atoms with Gasteiger partial charge in [0.25, 0.3) is 0 Å². The van der Waals surface area contributed by atoms with Crippen molar-refractivity contribution in [1.29, 1.82) is 0 Å². The summed E-state index contributed by atoms with van der Waals surface area (Å²) in [6.07, 6.45) is 4.85. The van der Waals surface area contributed by atoms with Crippen molar-refractivity contribution in [3.05, 3.63) is 64.8 Å². The molecule has 0 amide bonds. The van der Waals surface area contributed by atoms with Gasteiger partial charge in [-0.1, -0.05) is 24.3 Å². The van der Waals surface area contributed by atoms with Crippen LogP contribution in [0, 0.1) is 6.92 Å². The zero-order chi connectivity index (χ0) is 13.9. The van der Waals surface area contributed by atoms with Crippen LogP contribution < -0.4 is 5.32 Å². The Labute approximate surface area is 123 Å². The van der Waals surface area contributed by atoms with E-state index in [-0.39, 0.29) is 0 Å². The molecule has 1 unspecified atom stereocenters. The third-order valence-corrected chi connectivity index (χ3v) is 4.64. The maximum absolute atomic E-state index is 4.31. The normalized spacial score (nSPS) is 12.7. The van der Waals surface area contributed by atoms with E-state index < -0.39 is 0 Å².